The molecule has 1 N–H and O–H groups in total. The van der Waals surface area contributed by atoms with Crippen molar-refractivity contribution in [2.45, 2.75) is 13.8 Å². The number of nitrogens with zero attached hydrogens (tertiary/aromatic N) is 1. The molecule has 8 heteroatoms. The third-order valence-corrected chi connectivity index (χ3v) is 4.34. The second-order valence-electron chi connectivity index (χ2n) is 7.03. The minimum atomic E-state index is -0.618. The van der Waals surface area contributed by atoms with Crippen LogP contribution in [0.15, 0.2) is 60.7 Å². The zero-order chi connectivity index (χ0) is 23.5. The van der Waals surface area contributed by atoms with Crippen LogP contribution in [0.5, 0.6) is 11.5 Å². The quantitative estimate of drug-likeness (QED) is 0.426. The molecular formula is C24H28N2O6. The minimum absolute atomic E-state index is 0.203. The molecular weight excluding hydrogens is 412 g/mol. The van der Waals surface area contributed by atoms with Crippen LogP contribution in [-0.4, -0.2) is 56.1 Å². The lowest BCUT2D eigenvalue weighted by atomic mass is 10.2. The van der Waals surface area contributed by atoms with E-state index in [2.05, 4.69) is 11.9 Å². The zero-order valence-corrected chi connectivity index (χ0v) is 18.6. The van der Waals surface area contributed by atoms with Crippen molar-refractivity contribution in [1.82, 2.24) is 4.90 Å². The molecule has 2 rings (SSSR count). The lowest BCUT2D eigenvalue weighted by molar-refractivity contribution is -0.133. The summed E-state index contributed by atoms with van der Waals surface area (Å²) in [7, 11) is 1.55. The summed E-state index contributed by atoms with van der Waals surface area (Å²) in [6.07, 6.45) is 0. The number of nitrogens with one attached hydrogen (secondary N) is 1. The van der Waals surface area contributed by atoms with Gasteiger partial charge in [0.15, 0.2) is 13.2 Å². The van der Waals surface area contributed by atoms with E-state index in [-0.39, 0.29) is 30.6 Å². The highest BCUT2D eigenvalue weighted by atomic mass is 16.5. The summed E-state index contributed by atoms with van der Waals surface area (Å²) >= 11 is 0. The largest absolute Gasteiger partial charge is 0.497 e. The number of anilines is 1. The molecule has 0 saturated carbocycles. The second-order valence-corrected chi connectivity index (χ2v) is 7.03. The van der Waals surface area contributed by atoms with Crippen LogP contribution in [-0.2, 0) is 14.3 Å². The summed E-state index contributed by atoms with van der Waals surface area (Å²) in [6.45, 7) is 7.83. The fourth-order valence-corrected chi connectivity index (χ4v) is 2.74. The highest BCUT2D eigenvalue weighted by molar-refractivity contribution is 5.92. The van der Waals surface area contributed by atoms with E-state index in [1.807, 2.05) is 13.8 Å². The Hall–Kier alpha value is -3.81. The number of rotatable bonds is 11. The Labute approximate surface area is 187 Å². The molecule has 2 amide bonds. The monoisotopic (exact) mass is 440 g/mol. The van der Waals surface area contributed by atoms with E-state index in [1.54, 1.807) is 48.4 Å². The van der Waals surface area contributed by atoms with Crippen LogP contribution in [0.2, 0.25) is 0 Å². The first-order chi connectivity index (χ1) is 15.3. The first kappa shape index (κ1) is 24.5. The summed E-state index contributed by atoms with van der Waals surface area (Å²) in [4.78, 5) is 38.0. The van der Waals surface area contributed by atoms with Crippen molar-refractivity contribution in [3.8, 4) is 11.5 Å². The fourth-order valence-electron chi connectivity index (χ4n) is 2.74. The molecule has 8 nitrogen and oxygen atoms in total. The number of methoxy groups -OCH3 is 1. The number of esters is 1. The molecule has 0 heterocycles. The SMILES string of the molecule is C=C(C)CN(CC)C(=O)COC(=O)c1ccc(OCC(=O)Nc2cccc(OC)c2)cc1. The predicted octanol–water partition coefficient (Wildman–Crippen LogP) is 3.29. The van der Waals surface area contributed by atoms with Gasteiger partial charge in [-0.25, -0.2) is 4.79 Å². The van der Waals surface area contributed by atoms with Crippen molar-refractivity contribution in [3.05, 3.63) is 66.2 Å². The number of hydrogen-bond acceptors (Lipinski definition) is 6. The normalized spacial score (nSPS) is 10.1. The van der Waals surface area contributed by atoms with E-state index in [9.17, 15) is 14.4 Å². The molecule has 0 aliphatic carbocycles. The number of hydrogen-bond donors (Lipinski definition) is 1. The third-order valence-electron chi connectivity index (χ3n) is 4.34. The zero-order valence-electron chi connectivity index (χ0n) is 18.6. The molecule has 0 unspecified atom stereocenters. The average Bonchev–Trinajstić information content (AvgIpc) is 2.79. The van der Waals surface area contributed by atoms with Crippen LogP contribution < -0.4 is 14.8 Å². The lowest BCUT2D eigenvalue weighted by Crippen LogP contribution is -2.35. The standard InChI is InChI=1S/C24H28N2O6/c1-5-26(14-17(2)3)23(28)16-32-24(29)18-9-11-20(12-10-18)31-15-22(27)25-19-7-6-8-21(13-19)30-4/h6-13H,2,5,14-16H2,1,3-4H3,(H,25,27). The molecule has 0 radical (unpaired) electrons. The molecule has 0 atom stereocenters. The maximum Gasteiger partial charge on any atom is 0.338 e. The summed E-state index contributed by atoms with van der Waals surface area (Å²) in [5, 5.41) is 2.71. The van der Waals surface area contributed by atoms with Crippen LogP contribution in [0.25, 0.3) is 0 Å². The third kappa shape index (κ3) is 7.79. The van der Waals surface area contributed by atoms with Gasteiger partial charge < -0.3 is 24.4 Å². The molecule has 0 aliphatic rings. The predicted molar refractivity (Wildman–Crippen MR) is 121 cm³/mol. The van der Waals surface area contributed by atoms with E-state index in [4.69, 9.17) is 14.2 Å². The van der Waals surface area contributed by atoms with E-state index >= 15 is 0 Å². The molecule has 0 spiro atoms. The van der Waals surface area contributed by atoms with E-state index in [1.165, 1.54) is 12.1 Å². The number of likely N-dealkylation sites (N-methyl/N-ethyl adjacent to an activating group) is 1. The van der Waals surface area contributed by atoms with Crippen molar-refractivity contribution in [2.75, 3.05) is 38.7 Å². The van der Waals surface area contributed by atoms with Gasteiger partial charge in [0.1, 0.15) is 11.5 Å². The van der Waals surface area contributed by atoms with Crippen LogP contribution in [0.3, 0.4) is 0 Å². The number of benzene rings is 2. The first-order valence-corrected chi connectivity index (χ1v) is 10.1. The maximum absolute atomic E-state index is 12.2. The number of carbonyl (C=O) groups excluding carboxylic acids is 3. The van der Waals surface area contributed by atoms with Gasteiger partial charge in [-0.15, -0.1) is 0 Å². The topological polar surface area (TPSA) is 94.2 Å². The van der Waals surface area contributed by atoms with E-state index < -0.39 is 5.97 Å². The van der Waals surface area contributed by atoms with Gasteiger partial charge in [0.2, 0.25) is 0 Å². The molecule has 170 valence electrons. The summed E-state index contributed by atoms with van der Waals surface area (Å²) in [5.74, 6) is -0.198. The molecule has 0 saturated heterocycles. The van der Waals surface area contributed by atoms with Crippen LogP contribution in [0, 0.1) is 0 Å². The van der Waals surface area contributed by atoms with Crippen LogP contribution in [0.4, 0.5) is 5.69 Å². The number of ether oxygens (including phenoxy) is 3. The van der Waals surface area contributed by atoms with E-state index in [0.29, 0.717) is 30.3 Å². The van der Waals surface area contributed by atoms with Crippen molar-refractivity contribution >= 4 is 23.5 Å². The number of amides is 2. The summed E-state index contributed by atoms with van der Waals surface area (Å²) in [6, 6.07) is 13.1. The molecule has 0 aliphatic heterocycles. The van der Waals surface area contributed by atoms with Gasteiger partial charge in [-0.1, -0.05) is 18.2 Å². The molecule has 32 heavy (non-hydrogen) atoms. The van der Waals surface area contributed by atoms with Gasteiger partial charge >= 0.3 is 5.97 Å². The van der Waals surface area contributed by atoms with Crippen molar-refractivity contribution in [3.63, 3.8) is 0 Å². The molecule has 0 aromatic heterocycles. The van der Waals surface area contributed by atoms with Crippen LogP contribution >= 0.6 is 0 Å². The van der Waals surface area contributed by atoms with Gasteiger partial charge in [0.05, 0.1) is 12.7 Å². The molecule has 2 aromatic carbocycles. The first-order valence-electron chi connectivity index (χ1n) is 10.1. The number of carbonyl (C=O) groups is 3. The Morgan fingerprint density at radius 1 is 1.03 bits per heavy atom. The van der Waals surface area contributed by atoms with Crippen molar-refractivity contribution in [1.29, 1.82) is 0 Å². The smallest absolute Gasteiger partial charge is 0.338 e. The van der Waals surface area contributed by atoms with E-state index in [0.717, 1.165) is 5.57 Å². The van der Waals surface area contributed by atoms with Gasteiger partial charge in [0.25, 0.3) is 11.8 Å². The van der Waals surface area contributed by atoms with Crippen LogP contribution in [0.1, 0.15) is 24.2 Å². The highest BCUT2D eigenvalue weighted by Gasteiger charge is 2.15. The Kier molecular flexibility index (Phi) is 9.28. The van der Waals surface area contributed by atoms with Gasteiger partial charge in [-0.2, -0.15) is 0 Å². The molecule has 2 aromatic rings. The molecule has 0 bridgehead atoms. The Balaban J connectivity index is 1.81. The Morgan fingerprint density at radius 3 is 2.38 bits per heavy atom. The lowest BCUT2D eigenvalue weighted by Gasteiger charge is -2.20. The fraction of sp³-hybridized carbons (Fsp3) is 0.292. The highest BCUT2D eigenvalue weighted by Crippen LogP contribution is 2.17. The molecule has 0 fully saturated rings. The van der Waals surface area contributed by atoms with Crippen molar-refractivity contribution in [2.24, 2.45) is 0 Å². The average molecular weight is 440 g/mol. The summed E-state index contributed by atoms with van der Waals surface area (Å²) < 4.78 is 15.7. The van der Waals surface area contributed by atoms with Gasteiger partial charge in [0, 0.05) is 24.8 Å². The second kappa shape index (κ2) is 12.1. The minimum Gasteiger partial charge on any atom is -0.497 e. The van der Waals surface area contributed by atoms with Crippen molar-refractivity contribution < 1.29 is 28.6 Å². The summed E-state index contributed by atoms with van der Waals surface area (Å²) in [5.41, 5.74) is 1.71. The maximum atomic E-state index is 12.2. The Bertz CT molecular complexity index is 955. The Morgan fingerprint density at radius 2 is 1.75 bits per heavy atom. The van der Waals surface area contributed by atoms with Gasteiger partial charge in [-0.3, -0.25) is 9.59 Å². The van der Waals surface area contributed by atoms with Gasteiger partial charge in [-0.05, 0) is 50.2 Å².